The van der Waals surface area contributed by atoms with Gasteiger partial charge in [0, 0.05) is 24.3 Å². The number of fused-ring (bicyclic) bond motifs is 2. The predicted octanol–water partition coefficient (Wildman–Crippen LogP) is 6.81. The molecule has 0 atom stereocenters. The normalized spacial score (nSPS) is 12.6. The molecule has 0 amide bonds. The van der Waals surface area contributed by atoms with E-state index in [4.69, 9.17) is 4.74 Å². The van der Waals surface area contributed by atoms with Crippen molar-refractivity contribution in [3.05, 3.63) is 117 Å². The van der Waals surface area contributed by atoms with Crippen LogP contribution >= 0.6 is 0 Å². The van der Waals surface area contributed by atoms with Crippen LogP contribution in [-0.2, 0) is 16.5 Å². The van der Waals surface area contributed by atoms with Gasteiger partial charge in [0.2, 0.25) is 0 Å². The van der Waals surface area contributed by atoms with Gasteiger partial charge >= 0.3 is 11.9 Å². The average molecular weight is 628 g/mol. The molecule has 0 aromatic heterocycles. The number of aryl methyl sites for hydroxylation is 2. The molecule has 3 N–H and O–H groups in total. The first kappa shape index (κ1) is 31.5. The van der Waals surface area contributed by atoms with Crippen molar-refractivity contribution in [2.45, 2.75) is 33.1 Å². The zero-order valence-electron chi connectivity index (χ0n) is 24.9. The van der Waals surface area contributed by atoms with E-state index in [1.165, 1.54) is 12.1 Å². The number of benzene rings is 4. The molecule has 1 aliphatic heterocycles. The first-order chi connectivity index (χ1) is 21.4. The predicted molar refractivity (Wildman–Crippen MR) is 173 cm³/mol. The molecule has 232 valence electrons. The van der Waals surface area contributed by atoms with Gasteiger partial charge in [-0.25, -0.2) is 9.59 Å². The number of rotatable bonds is 10. The Bertz CT molecular complexity index is 1890. The highest BCUT2D eigenvalue weighted by molar-refractivity contribution is 7.85. The van der Waals surface area contributed by atoms with E-state index in [0.29, 0.717) is 47.4 Å². The number of carbonyl (C=O) groups is 2. The first-order valence-corrected chi connectivity index (χ1v) is 16.0. The number of phenols is 1. The van der Waals surface area contributed by atoms with Crippen molar-refractivity contribution in [3.8, 4) is 11.5 Å². The lowest BCUT2D eigenvalue weighted by molar-refractivity contribution is 0.0696. The van der Waals surface area contributed by atoms with Crippen molar-refractivity contribution < 1.29 is 37.5 Å². The van der Waals surface area contributed by atoms with E-state index >= 15 is 0 Å². The molecule has 0 saturated carbocycles. The average Bonchev–Trinajstić information content (AvgIpc) is 2.99. The fourth-order valence-corrected chi connectivity index (χ4v) is 6.15. The summed E-state index contributed by atoms with van der Waals surface area (Å²) in [4.78, 5) is 27.6. The van der Waals surface area contributed by atoms with Crippen molar-refractivity contribution in [1.82, 2.24) is 0 Å². The van der Waals surface area contributed by atoms with Gasteiger partial charge in [-0.2, -0.15) is 8.42 Å². The van der Waals surface area contributed by atoms with Crippen LogP contribution in [0.25, 0.3) is 12.2 Å². The van der Waals surface area contributed by atoms with Crippen molar-refractivity contribution >= 4 is 45.6 Å². The van der Waals surface area contributed by atoms with Gasteiger partial charge < -0.3 is 19.8 Å². The third-order valence-corrected chi connectivity index (χ3v) is 8.51. The SMILES string of the molecule is Cc1cc(C(=O)O)cc(C)c1OC(=O)c1cc(C=Cc2ccc(O)cc2)cc2c1Cc1ccccc1N2CCCCS(=O)(=O)O. The van der Waals surface area contributed by atoms with Crippen LogP contribution in [0.4, 0.5) is 11.4 Å². The van der Waals surface area contributed by atoms with E-state index in [1.807, 2.05) is 42.5 Å². The number of unbranched alkanes of at least 4 members (excludes halogenated alkanes) is 1. The molecule has 0 unspecified atom stereocenters. The van der Waals surface area contributed by atoms with Crippen LogP contribution in [-0.4, -0.2) is 47.4 Å². The van der Waals surface area contributed by atoms with Crippen molar-refractivity contribution in [1.29, 1.82) is 0 Å². The minimum atomic E-state index is -4.09. The number of phenolic OH excluding ortho intramolecular Hbond substituents is 1. The molecule has 0 radical (unpaired) electrons. The number of aromatic carboxylic acids is 1. The summed E-state index contributed by atoms with van der Waals surface area (Å²) >= 11 is 0. The number of ether oxygens (including phenoxy) is 1. The molecule has 4 aromatic rings. The first-order valence-electron chi connectivity index (χ1n) is 14.4. The highest BCUT2D eigenvalue weighted by Crippen LogP contribution is 2.42. The number of carboxylic acids is 1. The zero-order chi connectivity index (χ0) is 32.3. The van der Waals surface area contributed by atoms with E-state index in [1.54, 1.807) is 44.2 Å². The number of aromatic hydroxyl groups is 1. The van der Waals surface area contributed by atoms with Gasteiger partial charge in [-0.1, -0.05) is 42.5 Å². The van der Waals surface area contributed by atoms with Gasteiger partial charge in [-0.15, -0.1) is 0 Å². The van der Waals surface area contributed by atoms with Crippen molar-refractivity contribution in [2.24, 2.45) is 0 Å². The molecule has 0 fully saturated rings. The number of carboxylic acid groups (broad SMARTS) is 1. The van der Waals surface area contributed by atoms with Crippen molar-refractivity contribution in [2.75, 3.05) is 17.2 Å². The summed E-state index contributed by atoms with van der Waals surface area (Å²) < 4.78 is 37.9. The van der Waals surface area contributed by atoms with E-state index in [9.17, 15) is 32.8 Å². The maximum Gasteiger partial charge on any atom is 0.343 e. The van der Waals surface area contributed by atoms with E-state index in [0.717, 1.165) is 28.1 Å². The molecule has 0 saturated heterocycles. The largest absolute Gasteiger partial charge is 0.508 e. The fraction of sp³-hybridized carbons (Fsp3) is 0.200. The lowest BCUT2D eigenvalue weighted by Gasteiger charge is -2.34. The van der Waals surface area contributed by atoms with Crippen molar-refractivity contribution in [3.63, 3.8) is 0 Å². The Morgan fingerprint density at radius 1 is 0.889 bits per heavy atom. The summed E-state index contributed by atoms with van der Waals surface area (Å²) in [5, 5.41) is 19.1. The van der Waals surface area contributed by atoms with Gasteiger partial charge in [0.25, 0.3) is 10.1 Å². The molecule has 5 rings (SSSR count). The summed E-state index contributed by atoms with van der Waals surface area (Å²) in [7, 11) is -4.09. The van der Waals surface area contributed by atoms with Crippen LogP contribution in [0.15, 0.2) is 72.8 Å². The Balaban J connectivity index is 1.58. The summed E-state index contributed by atoms with van der Waals surface area (Å²) in [6.07, 6.45) is 4.90. The summed E-state index contributed by atoms with van der Waals surface area (Å²) in [6.45, 7) is 3.83. The molecule has 1 aliphatic rings. The van der Waals surface area contributed by atoms with E-state index in [2.05, 4.69) is 4.90 Å². The highest BCUT2D eigenvalue weighted by atomic mass is 32.2. The van der Waals surface area contributed by atoms with Crippen LogP contribution in [0, 0.1) is 13.8 Å². The number of para-hydroxylation sites is 1. The van der Waals surface area contributed by atoms with Gasteiger partial charge in [-0.3, -0.25) is 4.55 Å². The molecule has 1 heterocycles. The quantitative estimate of drug-likeness (QED) is 0.0568. The van der Waals surface area contributed by atoms with Crippen LogP contribution < -0.4 is 9.64 Å². The van der Waals surface area contributed by atoms with Crippen LogP contribution in [0.2, 0.25) is 0 Å². The Morgan fingerprint density at radius 2 is 1.56 bits per heavy atom. The highest BCUT2D eigenvalue weighted by Gasteiger charge is 2.28. The Morgan fingerprint density at radius 3 is 2.22 bits per heavy atom. The lowest BCUT2D eigenvalue weighted by atomic mass is 9.90. The molecular formula is C35H33NO8S. The summed E-state index contributed by atoms with van der Waals surface area (Å²) in [6, 6.07) is 21.2. The maximum atomic E-state index is 14.0. The van der Waals surface area contributed by atoms with Gasteiger partial charge in [0.1, 0.15) is 11.5 Å². The second-order valence-corrected chi connectivity index (χ2v) is 12.6. The topological polar surface area (TPSA) is 141 Å². The minimum Gasteiger partial charge on any atom is -0.508 e. The van der Waals surface area contributed by atoms with E-state index < -0.39 is 22.1 Å². The van der Waals surface area contributed by atoms with Crippen LogP contribution in [0.3, 0.4) is 0 Å². The zero-order valence-corrected chi connectivity index (χ0v) is 25.7. The molecule has 10 heteroatoms. The smallest absolute Gasteiger partial charge is 0.343 e. The molecular weight excluding hydrogens is 594 g/mol. The Kier molecular flexibility index (Phi) is 9.08. The fourth-order valence-electron chi connectivity index (χ4n) is 5.58. The second-order valence-electron chi connectivity index (χ2n) is 11.1. The number of carbonyl (C=O) groups excluding carboxylic acids is 1. The minimum absolute atomic E-state index is 0.102. The van der Waals surface area contributed by atoms with Crippen LogP contribution in [0.5, 0.6) is 11.5 Å². The number of anilines is 2. The summed E-state index contributed by atoms with van der Waals surface area (Å²) in [5.41, 5.74) is 6.47. The Hall–Kier alpha value is -4.93. The molecule has 45 heavy (non-hydrogen) atoms. The Labute approximate surface area is 261 Å². The molecule has 0 aliphatic carbocycles. The third-order valence-electron chi connectivity index (χ3n) is 7.71. The standard InChI is InChI=1S/C35H33NO8S/c1-22-17-27(34(38)39)18-23(2)33(22)44-35(40)30-19-25(10-9-24-11-13-28(37)14-12-24)20-32-29(30)21-26-7-3-4-8-31(26)36(32)15-5-6-16-45(41,42)43/h3-4,7-14,17-20,37H,5-6,15-16,21H2,1-2H3,(H,38,39)(H,41,42,43). The number of nitrogens with zero attached hydrogens (tertiary/aromatic N) is 1. The van der Waals surface area contributed by atoms with Gasteiger partial charge in [0.05, 0.1) is 16.9 Å². The van der Waals surface area contributed by atoms with Crippen LogP contribution in [0.1, 0.15) is 66.9 Å². The number of esters is 1. The lowest BCUT2D eigenvalue weighted by Crippen LogP contribution is -2.27. The number of hydrogen-bond acceptors (Lipinski definition) is 7. The van der Waals surface area contributed by atoms with E-state index in [-0.39, 0.29) is 23.5 Å². The third kappa shape index (κ3) is 7.42. The maximum absolute atomic E-state index is 14.0. The molecule has 0 bridgehead atoms. The molecule has 9 nitrogen and oxygen atoms in total. The second kappa shape index (κ2) is 13.0. The molecule has 0 spiro atoms. The summed E-state index contributed by atoms with van der Waals surface area (Å²) in [5.74, 6) is -1.57. The van der Waals surface area contributed by atoms with Gasteiger partial charge in [-0.05, 0) is 103 Å². The monoisotopic (exact) mass is 627 g/mol. The number of hydrogen-bond donors (Lipinski definition) is 3. The van der Waals surface area contributed by atoms with Gasteiger partial charge in [0.15, 0.2) is 0 Å². The molecule has 4 aromatic carbocycles.